The molecule has 0 saturated carbocycles. The lowest BCUT2D eigenvalue weighted by Crippen LogP contribution is -2.00. The number of hydrogen-bond donors (Lipinski definition) is 1. The molecule has 0 unspecified atom stereocenters. The van der Waals surface area contributed by atoms with E-state index in [9.17, 15) is 4.39 Å². The molecule has 4 heteroatoms. The minimum atomic E-state index is -0.260. The van der Waals surface area contributed by atoms with Crippen molar-refractivity contribution in [1.82, 2.24) is 0 Å². The zero-order valence-electron chi connectivity index (χ0n) is 6.73. The first-order valence-electron chi connectivity index (χ1n) is 3.66. The summed E-state index contributed by atoms with van der Waals surface area (Å²) in [7, 11) is 0. The summed E-state index contributed by atoms with van der Waals surface area (Å²) in [5.41, 5.74) is 2.09. The maximum Gasteiger partial charge on any atom is 0.123 e. The fourth-order valence-electron chi connectivity index (χ4n) is 0.793. The molecule has 0 aliphatic rings. The molecule has 0 radical (unpaired) electrons. The lowest BCUT2D eigenvalue weighted by atomic mass is 10.3. The second-order valence-corrected chi connectivity index (χ2v) is 3.12. The molecule has 0 amide bonds. The van der Waals surface area contributed by atoms with Crippen LogP contribution in [0.15, 0.2) is 34.8 Å². The van der Waals surface area contributed by atoms with Gasteiger partial charge in [-0.05, 0) is 24.3 Å². The van der Waals surface area contributed by atoms with E-state index in [-0.39, 0.29) is 5.82 Å². The van der Waals surface area contributed by atoms with Crippen LogP contribution in [0.5, 0.6) is 0 Å². The average molecular weight is 220 g/mol. The quantitative estimate of drug-likeness (QED) is 0.821. The third kappa shape index (κ3) is 3.66. The van der Waals surface area contributed by atoms with Crippen molar-refractivity contribution >= 4 is 28.9 Å². The standard InChI is InChI=1S/C9H8Cl2FN/c10-5-7(11)6-13-9-3-1-8(12)2-4-9/h1-5,13H,6H2/b7-5-. The lowest BCUT2D eigenvalue weighted by Gasteiger charge is -2.03. The van der Waals surface area contributed by atoms with Gasteiger partial charge in [0.1, 0.15) is 5.82 Å². The lowest BCUT2D eigenvalue weighted by molar-refractivity contribution is 0.628. The molecule has 0 bridgehead atoms. The van der Waals surface area contributed by atoms with Gasteiger partial charge in [0.25, 0.3) is 0 Å². The van der Waals surface area contributed by atoms with Crippen molar-refractivity contribution in [1.29, 1.82) is 0 Å². The first-order chi connectivity index (χ1) is 6.22. The monoisotopic (exact) mass is 219 g/mol. The Balaban J connectivity index is 2.51. The normalized spacial score (nSPS) is 11.5. The highest BCUT2D eigenvalue weighted by Gasteiger charge is 1.93. The molecular weight excluding hydrogens is 212 g/mol. The van der Waals surface area contributed by atoms with Crippen molar-refractivity contribution in [3.63, 3.8) is 0 Å². The number of anilines is 1. The smallest absolute Gasteiger partial charge is 0.123 e. The Kier molecular flexibility index (Phi) is 4.06. The molecule has 0 aliphatic carbocycles. The van der Waals surface area contributed by atoms with E-state index in [1.807, 2.05) is 0 Å². The van der Waals surface area contributed by atoms with Crippen LogP contribution in [0, 0.1) is 5.82 Å². The molecule has 0 atom stereocenters. The van der Waals surface area contributed by atoms with Gasteiger partial charge in [-0.25, -0.2) is 4.39 Å². The first-order valence-corrected chi connectivity index (χ1v) is 4.48. The van der Waals surface area contributed by atoms with Gasteiger partial charge in [-0.3, -0.25) is 0 Å². The predicted molar refractivity (Wildman–Crippen MR) is 54.7 cm³/mol. The zero-order valence-corrected chi connectivity index (χ0v) is 8.24. The molecule has 0 fully saturated rings. The van der Waals surface area contributed by atoms with E-state index < -0.39 is 0 Å². The molecule has 1 rings (SSSR count). The maximum atomic E-state index is 12.5. The summed E-state index contributed by atoms with van der Waals surface area (Å²) >= 11 is 11.0. The summed E-state index contributed by atoms with van der Waals surface area (Å²) in [6.45, 7) is 0.441. The predicted octanol–water partition coefficient (Wildman–Crippen LogP) is 3.56. The van der Waals surface area contributed by atoms with Crippen molar-refractivity contribution in [3.05, 3.63) is 40.7 Å². The largest absolute Gasteiger partial charge is 0.380 e. The number of hydrogen-bond acceptors (Lipinski definition) is 1. The molecule has 0 spiro atoms. The van der Waals surface area contributed by atoms with E-state index in [4.69, 9.17) is 23.2 Å². The topological polar surface area (TPSA) is 12.0 Å². The maximum absolute atomic E-state index is 12.5. The summed E-state index contributed by atoms with van der Waals surface area (Å²) in [5, 5.41) is 3.48. The summed E-state index contributed by atoms with van der Waals surface area (Å²) < 4.78 is 12.5. The molecule has 0 saturated heterocycles. The van der Waals surface area contributed by atoms with Crippen LogP contribution in [-0.4, -0.2) is 6.54 Å². The van der Waals surface area contributed by atoms with Crippen LogP contribution in [-0.2, 0) is 0 Å². The van der Waals surface area contributed by atoms with E-state index in [1.54, 1.807) is 12.1 Å². The highest BCUT2D eigenvalue weighted by atomic mass is 35.5. The van der Waals surface area contributed by atoms with Gasteiger partial charge in [-0.2, -0.15) is 0 Å². The molecule has 0 heterocycles. The van der Waals surface area contributed by atoms with Crippen molar-refractivity contribution in [3.8, 4) is 0 Å². The molecule has 0 aromatic heterocycles. The van der Waals surface area contributed by atoms with E-state index in [2.05, 4.69) is 5.32 Å². The second-order valence-electron chi connectivity index (χ2n) is 2.42. The van der Waals surface area contributed by atoms with Gasteiger partial charge < -0.3 is 5.32 Å². The SMILES string of the molecule is Fc1ccc(NC/C(Cl)=C/Cl)cc1. The van der Waals surface area contributed by atoms with Crippen LogP contribution in [0.3, 0.4) is 0 Å². The van der Waals surface area contributed by atoms with Crippen molar-refractivity contribution in [2.24, 2.45) is 0 Å². The Bertz CT molecular complexity index is 295. The van der Waals surface area contributed by atoms with Crippen molar-refractivity contribution < 1.29 is 4.39 Å². The zero-order chi connectivity index (χ0) is 9.68. The minimum absolute atomic E-state index is 0.260. The van der Waals surface area contributed by atoms with Gasteiger partial charge >= 0.3 is 0 Å². The third-order valence-corrected chi connectivity index (χ3v) is 2.04. The van der Waals surface area contributed by atoms with Crippen LogP contribution in [0.4, 0.5) is 10.1 Å². The number of halogens is 3. The van der Waals surface area contributed by atoms with Crippen LogP contribution in [0.1, 0.15) is 0 Å². The highest BCUT2D eigenvalue weighted by molar-refractivity contribution is 6.36. The Hall–Kier alpha value is -0.730. The molecular formula is C9H8Cl2FN. The highest BCUT2D eigenvalue weighted by Crippen LogP contribution is 2.10. The number of nitrogens with one attached hydrogen (secondary N) is 1. The Labute approximate surface area is 86.2 Å². The Morgan fingerprint density at radius 3 is 2.54 bits per heavy atom. The second kappa shape index (κ2) is 5.10. The molecule has 1 aromatic rings. The van der Waals surface area contributed by atoms with E-state index >= 15 is 0 Å². The number of benzene rings is 1. The fourth-order valence-corrected chi connectivity index (χ4v) is 0.937. The fraction of sp³-hybridized carbons (Fsp3) is 0.111. The van der Waals surface area contributed by atoms with Crippen molar-refractivity contribution in [2.75, 3.05) is 11.9 Å². The molecule has 1 aromatic carbocycles. The van der Waals surface area contributed by atoms with E-state index in [0.717, 1.165) is 5.69 Å². The van der Waals surface area contributed by atoms with Crippen LogP contribution >= 0.6 is 23.2 Å². The van der Waals surface area contributed by atoms with Crippen molar-refractivity contribution in [2.45, 2.75) is 0 Å². The van der Waals surface area contributed by atoms with Crippen LogP contribution < -0.4 is 5.32 Å². The molecule has 1 N–H and O–H groups in total. The van der Waals surface area contributed by atoms with Gasteiger partial charge in [0.15, 0.2) is 0 Å². The first kappa shape index (κ1) is 10.4. The Morgan fingerprint density at radius 2 is 2.00 bits per heavy atom. The summed E-state index contributed by atoms with van der Waals surface area (Å²) in [5.74, 6) is -0.260. The molecule has 0 aliphatic heterocycles. The van der Waals surface area contributed by atoms with Gasteiger partial charge in [0.2, 0.25) is 0 Å². The number of rotatable bonds is 3. The van der Waals surface area contributed by atoms with Gasteiger partial charge in [0.05, 0.1) is 6.54 Å². The van der Waals surface area contributed by atoms with Crippen LogP contribution in [0.25, 0.3) is 0 Å². The van der Waals surface area contributed by atoms with Gasteiger partial charge in [-0.1, -0.05) is 23.2 Å². The van der Waals surface area contributed by atoms with E-state index in [1.165, 1.54) is 17.7 Å². The minimum Gasteiger partial charge on any atom is -0.380 e. The molecule has 70 valence electrons. The molecule has 1 nitrogen and oxygen atoms in total. The average Bonchev–Trinajstić information content (AvgIpc) is 2.16. The summed E-state index contributed by atoms with van der Waals surface area (Å²) in [6, 6.07) is 6.02. The third-order valence-electron chi connectivity index (χ3n) is 1.42. The van der Waals surface area contributed by atoms with Gasteiger partial charge in [-0.15, -0.1) is 0 Å². The Morgan fingerprint density at radius 1 is 1.38 bits per heavy atom. The summed E-state index contributed by atoms with van der Waals surface area (Å²) in [6.07, 6.45) is 0. The van der Waals surface area contributed by atoms with E-state index in [0.29, 0.717) is 11.6 Å². The van der Waals surface area contributed by atoms with Gasteiger partial charge in [0, 0.05) is 16.3 Å². The molecule has 13 heavy (non-hydrogen) atoms. The summed E-state index contributed by atoms with van der Waals surface area (Å²) in [4.78, 5) is 0. The van der Waals surface area contributed by atoms with Crippen LogP contribution in [0.2, 0.25) is 0 Å².